The lowest BCUT2D eigenvalue weighted by molar-refractivity contribution is 0.241. The number of hydrogen-bond acceptors (Lipinski definition) is 3. The molecule has 0 bridgehead atoms. The summed E-state index contributed by atoms with van der Waals surface area (Å²) >= 11 is 0. The number of hydrogen-bond donors (Lipinski definition) is 2. The smallest absolute Gasteiger partial charge is 0.279 e. The third kappa shape index (κ3) is 5.09. The van der Waals surface area contributed by atoms with Crippen molar-refractivity contribution in [3.63, 3.8) is 0 Å². The molecule has 2 unspecified atom stereocenters. The Morgan fingerprint density at radius 2 is 2.18 bits per heavy atom. The quantitative estimate of drug-likeness (QED) is 0.781. The van der Waals surface area contributed by atoms with Gasteiger partial charge in [-0.25, -0.2) is 4.72 Å². The van der Waals surface area contributed by atoms with Gasteiger partial charge >= 0.3 is 0 Å². The Balaban J connectivity index is 0.00000256. The van der Waals surface area contributed by atoms with Gasteiger partial charge in [0.1, 0.15) is 0 Å². The van der Waals surface area contributed by atoms with Crippen LogP contribution in [0.25, 0.3) is 0 Å². The van der Waals surface area contributed by atoms with Crippen molar-refractivity contribution in [2.75, 3.05) is 19.6 Å². The highest BCUT2D eigenvalue weighted by molar-refractivity contribution is 7.87. The summed E-state index contributed by atoms with van der Waals surface area (Å²) in [5.41, 5.74) is 5.83. The lowest BCUT2D eigenvalue weighted by atomic mass is 9.93. The Morgan fingerprint density at radius 3 is 2.71 bits per heavy atom. The van der Waals surface area contributed by atoms with Crippen molar-refractivity contribution >= 4 is 22.6 Å². The first kappa shape index (κ1) is 17.1. The van der Waals surface area contributed by atoms with E-state index >= 15 is 0 Å². The molecule has 0 aromatic heterocycles. The van der Waals surface area contributed by atoms with Crippen molar-refractivity contribution in [3.8, 4) is 0 Å². The van der Waals surface area contributed by atoms with Gasteiger partial charge in [0.05, 0.1) is 0 Å². The average molecular weight is 286 g/mol. The maximum absolute atomic E-state index is 11.9. The second-order valence-corrected chi connectivity index (χ2v) is 6.27. The minimum Gasteiger partial charge on any atom is -0.328 e. The first-order valence-electron chi connectivity index (χ1n) is 5.97. The summed E-state index contributed by atoms with van der Waals surface area (Å²) in [4.78, 5) is 0. The van der Waals surface area contributed by atoms with Crippen LogP contribution in [0, 0.1) is 5.92 Å². The first-order chi connectivity index (χ1) is 7.47. The number of nitrogens with two attached hydrogens (primary N) is 1. The second-order valence-electron chi connectivity index (χ2n) is 4.52. The molecule has 5 nitrogen and oxygen atoms in total. The van der Waals surface area contributed by atoms with Crippen molar-refractivity contribution < 1.29 is 8.42 Å². The number of nitrogens with one attached hydrogen (secondary N) is 1. The zero-order valence-corrected chi connectivity index (χ0v) is 12.2. The van der Waals surface area contributed by atoms with Crippen LogP contribution in [0.3, 0.4) is 0 Å². The summed E-state index contributed by atoms with van der Waals surface area (Å²) in [6.45, 7) is 5.56. The number of nitrogens with zero attached hydrogens (tertiary/aromatic N) is 1. The van der Waals surface area contributed by atoms with Crippen LogP contribution in [0.15, 0.2) is 0 Å². The van der Waals surface area contributed by atoms with Gasteiger partial charge in [-0.2, -0.15) is 12.7 Å². The van der Waals surface area contributed by atoms with Crippen LogP contribution < -0.4 is 10.5 Å². The van der Waals surface area contributed by atoms with Crippen LogP contribution in [0.1, 0.15) is 33.1 Å². The third-order valence-electron chi connectivity index (χ3n) is 3.04. The van der Waals surface area contributed by atoms with E-state index in [1.807, 2.05) is 13.8 Å². The maximum Gasteiger partial charge on any atom is 0.279 e. The Hall–Kier alpha value is 0.120. The molecule has 0 aromatic carbocycles. The Morgan fingerprint density at radius 1 is 1.53 bits per heavy atom. The van der Waals surface area contributed by atoms with E-state index in [1.54, 1.807) is 0 Å². The monoisotopic (exact) mass is 285 g/mol. The van der Waals surface area contributed by atoms with Crippen molar-refractivity contribution in [1.29, 1.82) is 0 Å². The van der Waals surface area contributed by atoms with Crippen molar-refractivity contribution in [3.05, 3.63) is 0 Å². The maximum atomic E-state index is 11.9. The van der Waals surface area contributed by atoms with E-state index in [9.17, 15) is 8.42 Å². The summed E-state index contributed by atoms with van der Waals surface area (Å²) in [5.74, 6) is 0.284. The van der Waals surface area contributed by atoms with Gasteiger partial charge in [0.2, 0.25) is 0 Å². The standard InChI is InChI=1S/C10H23N3O2S.ClH/c1-3-6-12-16(14,15)13-7-4-5-10(8-13)9(2)11;/h9-10,12H,3-8,11H2,1-2H3;1H. The first-order valence-corrected chi connectivity index (χ1v) is 7.41. The molecule has 1 aliphatic heterocycles. The zero-order chi connectivity index (χ0) is 12.2. The predicted molar refractivity (Wildman–Crippen MR) is 72.4 cm³/mol. The van der Waals surface area contributed by atoms with Crippen LogP contribution in [-0.4, -0.2) is 38.4 Å². The molecule has 0 radical (unpaired) electrons. The zero-order valence-electron chi connectivity index (χ0n) is 10.6. The third-order valence-corrected chi connectivity index (χ3v) is 4.62. The van der Waals surface area contributed by atoms with Gasteiger partial charge in [0.15, 0.2) is 0 Å². The van der Waals surface area contributed by atoms with Crippen LogP contribution in [0.4, 0.5) is 0 Å². The lowest BCUT2D eigenvalue weighted by Crippen LogP contribution is -2.49. The molecule has 1 aliphatic rings. The molecule has 0 aliphatic carbocycles. The molecule has 17 heavy (non-hydrogen) atoms. The molecular formula is C10H24ClN3O2S. The molecule has 1 heterocycles. The SMILES string of the molecule is CCCNS(=O)(=O)N1CCCC(C(C)N)C1.Cl. The number of halogens is 1. The second kappa shape index (κ2) is 7.53. The van der Waals surface area contributed by atoms with Crippen LogP contribution in [0.5, 0.6) is 0 Å². The number of piperidine rings is 1. The lowest BCUT2D eigenvalue weighted by Gasteiger charge is -2.33. The molecule has 0 saturated carbocycles. The molecule has 0 amide bonds. The van der Waals surface area contributed by atoms with Crippen LogP contribution in [0.2, 0.25) is 0 Å². The van der Waals surface area contributed by atoms with Gasteiger partial charge < -0.3 is 5.73 Å². The highest BCUT2D eigenvalue weighted by atomic mass is 35.5. The van der Waals surface area contributed by atoms with Crippen LogP contribution in [-0.2, 0) is 10.2 Å². The van der Waals surface area contributed by atoms with E-state index in [0.29, 0.717) is 19.6 Å². The largest absolute Gasteiger partial charge is 0.328 e. The fourth-order valence-corrected chi connectivity index (χ4v) is 3.35. The highest BCUT2D eigenvalue weighted by Crippen LogP contribution is 2.20. The molecule has 1 saturated heterocycles. The molecule has 1 rings (SSSR count). The summed E-state index contributed by atoms with van der Waals surface area (Å²) in [6, 6.07) is 0.0594. The number of rotatable bonds is 5. The molecule has 2 atom stereocenters. The van der Waals surface area contributed by atoms with Crippen molar-refractivity contribution in [2.45, 2.75) is 39.2 Å². The predicted octanol–water partition coefficient (Wildman–Crippen LogP) is 0.712. The average Bonchev–Trinajstić information content (AvgIpc) is 2.26. The highest BCUT2D eigenvalue weighted by Gasteiger charge is 2.29. The minimum absolute atomic E-state index is 0. The van der Waals surface area contributed by atoms with Gasteiger partial charge in [-0.1, -0.05) is 6.92 Å². The molecule has 104 valence electrons. The van der Waals surface area contributed by atoms with E-state index in [0.717, 1.165) is 19.3 Å². The topological polar surface area (TPSA) is 75.4 Å². The molecular weight excluding hydrogens is 262 g/mol. The van der Waals surface area contributed by atoms with Crippen molar-refractivity contribution in [2.24, 2.45) is 11.7 Å². The van der Waals surface area contributed by atoms with Crippen LogP contribution >= 0.6 is 12.4 Å². The minimum atomic E-state index is -3.28. The van der Waals surface area contributed by atoms with E-state index in [2.05, 4.69) is 4.72 Å². The van der Waals surface area contributed by atoms with Gasteiger partial charge in [-0.3, -0.25) is 0 Å². The molecule has 0 spiro atoms. The van der Waals surface area contributed by atoms with E-state index < -0.39 is 10.2 Å². The van der Waals surface area contributed by atoms with Gasteiger partial charge in [0, 0.05) is 25.7 Å². The summed E-state index contributed by atoms with van der Waals surface area (Å²) in [5, 5.41) is 0. The molecule has 1 fully saturated rings. The van der Waals surface area contributed by atoms with E-state index in [-0.39, 0.29) is 24.4 Å². The Labute approximate surface area is 111 Å². The Kier molecular flexibility index (Phi) is 7.58. The molecule has 7 heteroatoms. The fourth-order valence-electron chi connectivity index (χ4n) is 1.94. The summed E-state index contributed by atoms with van der Waals surface area (Å²) in [6.07, 6.45) is 2.74. The Bertz CT molecular complexity index is 309. The van der Waals surface area contributed by atoms with Gasteiger partial charge in [-0.15, -0.1) is 12.4 Å². The molecule has 3 N–H and O–H groups in total. The van der Waals surface area contributed by atoms with Gasteiger partial charge in [0.25, 0.3) is 10.2 Å². The van der Waals surface area contributed by atoms with Crippen molar-refractivity contribution in [1.82, 2.24) is 9.03 Å². The van der Waals surface area contributed by atoms with E-state index in [4.69, 9.17) is 5.73 Å². The van der Waals surface area contributed by atoms with Gasteiger partial charge in [-0.05, 0) is 32.1 Å². The van der Waals surface area contributed by atoms with E-state index in [1.165, 1.54) is 4.31 Å². The molecule has 0 aromatic rings. The normalized spacial score (nSPS) is 24.1. The summed E-state index contributed by atoms with van der Waals surface area (Å²) in [7, 11) is -3.28. The summed E-state index contributed by atoms with van der Waals surface area (Å²) < 4.78 is 27.9. The fraction of sp³-hybridized carbons (Fsp3) is 1.00.